The van der Waals surface area contributed by atoms with Gasteiger partial charge in [0.1, 0.15) is 12.4 Å². The Balaban J connectivity index is 2.17. The van der Waals surface area contributed by atoms with Crippen molar-refractivity contribution in [3.8, 4) is 0 Å². The fourth-order valence-electron chi connectivity index (χ4n) is 5.43. The first kappa shape index (κ1) is 30.2. The first-order chi connectivity index (χ1) is 16.2. The summed E-state index contributed by atoms with van der Waals surface area (Å²) in [5, 5.41) is 0. The van der Waals surface area contributed by atoms with Gasteiger partial charge in [-0.3, -0.25) is 0 Å². The summed E-state index contributed by atoms with van der Waals surface area (Å²) in [5.74, 6) is 2.20. The molecule has 2 unspecified atom stereocenters. The zero-order chi connectivity index (χ0) is 24.0. The topological polar surface area (TPSA) is 19.7 Å². The lowest BCUT2D eigenvalue weighted by atomic mass is 9.94. The van der Waals surface area contributed by atoms with Crippen LogP contribution in [0.5, 0.6) is 0 Å². The molecule has 2 nitrogen and oxygen atoms in total. The van der Waals surface area contributed by atoms with Gasteiger partial charge in [-0.1, -0.05) is 136 Å². The summed E-state index contributed by atoms with van der Waals surface area (Å²) in [6.07, 6.45) is 35.4. The summed E-state index contributed by atoms with van der Waals surface area (Å²) in [4.78, 5) is 3.64. The Labute approximate surface area is 208 Å². The fraction of sp³-hybridized carbons (Fsp3) is 0.903. The van der Waals surface area contributed by atoms with Gasteiger partial charge in [-0.25, -0.2) is 9.55 Å². The molecule has 194 valence electrons. The summed E-state index contributed by atoms with van der Waals surface area (Å²) in [5.41, 5.74) is 0. The van der Waals surface area contributed by atoms with Gasteiger partial charge in [-0.15, -0.1) is 0 Å². The van der Waals surface area contributed by atoms with Gasteiger partial charge in [0, 0.05) is 0 Å². The highest BCUT2D eigenvalue weighted by atomic mass is 15.1. The average Bonchev–Trinajstić information content (AvgIpc) is 3.31. The van der Waals surface area contributed by atoms with Crippen molar-refractivity contribution < 1.29 is 4.57 Å². The molecule has 0 aliphatic rings. The lowest BCUT2D eigenvalue weighted by Crippen LogP contribution is -2.41. The Hall–Kier alpha value is -0.790. The molecular weight excluding hydrogens is 400 g/mol. The van der Waals surface area contributed by atoms with Gasteiger partial charge in [0.25, 0.3) is 5.82 Å². The summed E-state index contributed by atoms with van der Waals surface area (Å²) >= 11 is 0. The largest absolute Gasteiger partial charge is 0.257 e. The third-order valence-corrected chi connectivity index (χ3v) is 7.62. The molecular formula is C31H61N2+. The number of rotatable bonds is 24. The first-order valence-corrected chi connectivity index (χ1v) is 15.3. The number of unbranched alkanes of at least 4 members (excludes halogenated alkanes) is 16. The zero-order valence-electron chi connectivity index (χ0n) is 23.3. The minimum Gasteiger partial charge on any atom is -0.247 e. The molecule has 33 heavy (non-hydrogen) atoms. The summed E-state index contributed by atoms with van der Waals surface area (Å²) in [7, 11) is 0. The molecule has 0 saturated carbocycles. The molecule has 1 heterocycles. The van der Waals surface area contributed by atoms with E-state index in [-0.39, 0.29) is 0 Å². The van der Waals surface area contributed by atoms with Crippen molar-refractivity contribution in [3.63, 3.8) is 0 Å². The van der Waals surface area contributed by atoms with Gasteiger partial charge >= 0.3 is 0 Å². The molecule has 0 bridgehead atoms. The van der Waals surface area contributed by atoms with Crippen molar-refractivity contribution in [2.45, 2.75) is 181 Å². The molecule has 1 rings (SSSR count). The van der Waals surface area contributed by atoms with Crippen molar-refractivity contribution in [1.29, 1.82) is 0 Å². The van der Waals surface area contributed by atoms with Crippen LogP contribution in [0.2, 0.25) is 0 Å². The second kappa shape index (κ2) is 21.7. The van der Waals surface area contributed by atoms with Crippen LogP contribution in [0, 0.1) is 0 Å². The highest BCUT2D eigenvalue weighted by molar-refractivity contribution is 4.90. The lowest BCUT2D eigenvalue weighted by molar-refractivity contribution is -0.727. The Kier molecular flexibility index (Phi) is 19.9. The van der Waals surface area contributed by atoms with Crippen LogP contribution in [-0.2, 0) is 0 Å². The Morgan fingerprint density at radius 3 is 1.55 bits per heavy atom. The number of aromatic amines is 1. The summed E-state index contributed by atoms with van der Waals surface area (Å²) in [6.45, 7) is 9.37. The van der Waals surface area contributed by atoms with Crippen LogP contribution in [0.4, 0.5) is 0 Å². The molecule has 0 fully saturated rings. The maximum atomic E-state index is 3.64. The molecule has 0 radical (unpaired) electrons. The maximum absolute atomic E-state index is 3.64. The van der Waals surface area contributed by atoms with Crippen LogP contribution in [-0.4, -0.2) is 4.98 Å². The number of hydrogen-bond donors (Lipinski definition) is 1. The number of nitrogens with zero attached hydrogens (tertiary/aromatic N) is 1. The highest BCUT2D eigenvalue weighted by Crippen LogP contribution is 2.26. The van der Waals surface area contributed by atoms with Crippen LogP contribution in [0.3, 0.4) is 0 Å². The molecule has 0 aromatic carbocycles. The smallest absolute Gasteiger partial charge is 0.247 e. The van der Waals surface area contributed by atoms with Gasteiger partial charge in [-0.05, 0) is 32.6 Å². The van der Waals surface area contributed by atoms with Gasteiger partial charge in [-0.2, -0.15) is 0 Å². The zero-order valence-corrected chi connectivity index (χ0v) is 23.3. The molecule has 1 aromatic rings. The van der Waals surface area contributed by atoms with Crippen LogP contribution < -0.4 is 4.57 Å². The average molecular weight is 462 g/mol. The second-order valence-electron chi connectivity index (χ2n) is 10.8. The van der Waals surface area contributed by atoms with E-state index < -0.39 is 0 Å². The van der Waals surface area contributed by atoms with Crippen molar-refractivity contribution >= 4 is 0 Å². The standard InChI is InChI=1S/C31H60N2/c1-5-8-10-12-13-14-15-16-17-18-19-20-21-23-26-30(24-7-3)31-32-27-28-33(31)29(4)25-22-11-9-6-2/h27-30H,5-26H2,1-4H3/p+1. The third-order valence-electron chi connectivity index (χ3n) is 7.62. The lowest BCUT2D eigenvalue weighted by Gasteiger charge is -2.16. The Morgan fingerprint density at radius 1 is 0.576 bits per heavy atom. The molecule has 0 spiro atoms. The van der Waals surface area contributed by atoms with Gasteiger partial charge in [0.15, 0.2) is 0 Å². The van der Waals surface area contributed by atoms with E-state index >= 15 is 0 Å². The van der Waals surface area contributed by atoms with Crippen LogP contribution in [0.15, 0.2) is 12.4 Å². The number of nitrogens with one attached hydrogen (secondary N) is 1. The van der Waals surface area contributed by atoms with E-state index in [1.54, 1.807) is 0 Å². The number of H-pyrrole nitrogens is 1. The molecule has 0 saturated heterocycles. The molecule has 2 heteroatoms. The first-order valence-electron chi connectivity index (χ1n) is 15.3. The Morgan fingerprint density at radius 2 is 1.03 bits per heavy atom. The maximum Gasteiger partial charge on any atom is 0.257 e. The van der Waals surface area contributed by atoms with Crippen molar-refractivity contribution in [2.75, 3.05) is 0 Å². The van der Waals surface area contributed by atoms with Gasteiger partial charge in [0.2, 0.25) is 0 Å². The van der Waals surface area contributed by atoms with E-state index in [0.717, 1.165) is 0 Å². The molecule has 0 aliphatic heterocycles. The van der Waals surface area contributed by atoms with E-state index in [9.17, 15) is 0 Å². The Bertz CT molecular complexity index is 521. The fourth-order valence-corrected chi connectivity index (χ4v) is 5.43. The normalized spacial score (nSPS) is 13.5. The van der Waals surface area contributed by atoms with E-state index in [4.69, 9.17) is 0 Å². The molecule has 1 N–H and O–H groups in total. The molecule has 1 aromatic heterocycles. The summed E-state index contributed by atoms with van der Waals surface area (Å²) < 4.78 is 2.57. The van der Waals surface area contributed by atoms with Crippen LogP contribution in [0.25, 0.3) is 0 Å². The van der Waals surface area contributed by atoms with Crippen molar-refractivity contribution in [2.24, 2.45) is 0 Å². The molecule has 2 atom stereocenters. The van der Waals surface area contributed by atoms with E-state index in [1.807, 2.05) is 0 Å². The monoisotopic (exact) mass is 461 g/mol. The molecule has 0 aliphatic carbocycles. The quantitative estimate of drug-likeness (QED) is 0.117. The van der Waals surface area contributed by atoms with E-state index in [0.29, 0.717) is 12.0 Å². The van der Waals surface area contributed by atoms with Crippen LogP contribution in [0.1, 0.15) is 187 Å². The molecule has 0 amide bonds. The van der Waals surface area contributed by atoms with E-state index in [2.05, 4.69) is 49.6 Å². The van der Waals surface area contributed by atoms with E-state index in [1.165, 1.54) is 147 Å². The second-order valence-corrected chi connectivity index (χ2v) is 10.8. The number of aromatic nitrogens is 2. The minimum absolute atomic E-state index is 0.624. The third kappa shape index (κ3) is 14.9. The summed E-state index contributed by atoms with van der Waals surface area (Å²) in [6, 6.07) is 0.624. The van der Waals surface area contributed by atoms with Crippen LogP contribution >= 0.6 is 0 Å². The van der Waals surface area contributed by atoms with Crippen molar-refractivity contribution in [1.82, 2.24) is 4.98 Å². The predicted molar refractivity (Wildman–Crippen MR) is 147 cm³/mol. The SMILES string of the molecule is CCCCCCCCCCCCCCCCC(CCC)c1[nH]cc[n+]1C(C)CCCCCC. The number of imidazole rings is 1. The number of hydrogen-bond acceptors (Lipinski definition) is 0. The predicted octanol–water partition coefficient (Wildman–Crippen LogP) is 10.6. The van der Waals surface area contributed by atoms with Gasteiger partial charge < -0.3 is 0 Å². The van der Waals surface area contributed by atoms with Crippen molar-refractivity contribution in [3.05, 3.63) is 18.2 Å². The highest BCUT2D eigenvalue weighted by Gasteiger charge is 2.24. The van der Waals surface area contributed by atoms with Gasteiger partial charge in [0.05, 0.1) is 12.0 Å². The minimum atomic E-state index is 0.624.